The second kappa shape index (κ2) is 11.4. The van der Waals surface area contributed by atoms with Gasteiger partial charge in [0.25, 0.3) is 0 Å². The fourth-order valence-corrected chi connectivity index (χ4v) is 5.21. The van der Waals surface area contributed by atoms with Gasteiger partial charge in [0.05, 0.1) is 34.2 Å². The SMILES string of the molecule is c1ccc(-c2n[nH]c(-c3ccccn3)c2Cc2cccc(Cc3c(-c4ccccn4)n[nH]c3-c3ccccn3)c2)nc1. The highest BCUT2D eigenvalue weighted by Gasteiger charge is 2.20. The number of hydrogen-bond acceptors (Lipinski definition) is 6. The molecule has 0 saturated heterocycles. The van der Waals surface area contributed by atoms with Crippen molar-refractivity contribution >= 4 is 0 Å². The molecule has 6 heterocycles. The maximum Gasteiger partial charge on any atom is 0.115 e. The summed E-state index contributed by atoms with van der Waals surface area (Å²) in [4.78, 5) is 18.3. The minimum Gasteiger partial charge on any atom is -0.275 e. The Hall–Kier alpha value is -5.76. The molecule has 7 rings (SSSR count). The second-order valence-electron chi connectivity index (χ2n) is 9.88. The number of H-pyrrole nitrogens is 2. The van der Waals surface area contributed by atoms with Gasteiger partial charge in [-0.2, -0.15) is 10.2 Å². The number of nitrogens with zero attached hydrogens (tertiary/aromatic N) is 6. The van der Waals surface area contributed by atoms with Crippen molar-refractivity contribution in [3.8, 4) is 45.6 Å². The minimum absolute atomic E-state index is 0.660. The zero-order chi connectivity index (χ0) is 28.1. The van der Waals surface area contributed by atoms with E-state index in [-0.39, 0.29) is 0 Å². The molecule has 0 radical (unpaired) electrons. The Morgan fingerprint density at radius 1 is 0.429 bits per heavy atom. The van der Waals surface area contributed by atoms with Gasteiger partial charge in [-0.05, 0) is 59.7 Å². The van der Waals surface area contributed by atoms with Gasteiger partial charge in [0, 0.05) is 48.8 Å². The van der Waals surface area contributed by atoms with Gasteiger partial charge in [-0.1, -0.05) is 48.5 Å². The van der Waals surface area contributed by atoms with Crippen molar-refractivity contribution in [1.82, 2.24) is 40.3 Å². The summed E-state index contributed by atoms with van der Waals surface area (Å²) in [5, 5.41) is 15.8. The molecule has 202 valence electrons. The summed E-state index contributed by atoms with van der Waals surface area (Å²) in [5.41, 5.74) is 11.2. The van der Waals surface area contributed by atoms with E-state index < -0.39 is 0 Å². The quantitative estimate of drug-likeness (QED) is 0.223. The highest BCUT2D eigenvalue weighted by molar-refractivity contribution is 5.72. The van der Waals surface area contributed by atoms with Crippen LogP contribution in [-0.2, 0) is 12.8 Å². The van der Waals surface area contributed by atoms with E-state index in [2.05, 4.69) is 64.6 Å². The molecular weight excluding hydrogens is 520 g/mol. The van der Waals surface area contributed by atoms with Crippen LogP contribution < -0.4 is 0 Å². The summed E-state index contributed by atoms with van der Waals surface area (Å²) < 4.78 is 0. The summed E-state index contributed by atoms with van der Waals surface area (Å²) in [6.07, 6.45) is 8.49. The summed E-state index contributed by atoms with van der Waals surface area (Å²) in [6, 6.07) is 32.2. The van der Waals surface area contributed by atoms with Crippen molar-refractivity contribution in [1.29, 1.82) is 0 Å². The van der Waals surface area contributed by atoms with Crippen molar-refractivity contribution in [2.75, 3.05) is 0 Å². The Balaban J connectivity index is 1.27. The Bertz CT molecular complexity index is 1660. The average molecular weight is 547 g/mol. The highest BCUT2D eigenvalue weighted by atomic mass is 15.1. The first-order valence-corrected chi connectivity index (χ1v) is 13.7. The van der Waals surface area contributed by atoms with Gasteiger partial charge < -0.3 is 0 Å². The first-order valence-electron chi connectivity index (χ1n) is 13.7. The molecule has 0 spiro atoms. The number of nitrogens with one attached hydrogen (secondary N) is 2. The normalized spacial score (nSPS) is 11.0. The lowest BCUT2D eigenvalue weighted by molar-refractivity contribution is 1.08. The van der Waals surface area contributed by atoms with E-state index in [1.54, 1.807) is 24.8 Å². The molecule has 0 amide bonds. The first-order chi connectivity index (χ1) is 20.8. The lowest BCUT2D eigenvalue weighted by Crippen LogP contribution is -1.98. The van der Waals surface area contributed by atoms with E-state index in [0.717, 1.165) is 67.8 Å². The molecule has 2 N–H and O–H groups in total. The number of benzene rings is 1. The van der Waals surface area contributed by atoms with Crippen molar-refractivity contribution in [2.45, 2.75) is 12.8 Å². The molecule has 0 aliphatic rings. The van der Waals surface area contributed by atoms with Gasteiger partial charge in [-0.3, -0.25) is 30.1 Å². The van der Waals surface area contributed by atoms with Crippen molar-refractivity contribution < 1.29 is 0 Å². The molecule has 8 heteroatoms. The highest BCUT2D eigenvalue weighted by Crippen LogP contribution is 2.33. The van der Waals surface area contributed by atoms with Crippen LogP contribution in [0.5, 0.6) is 0 Å². The van der Waals surface area contributed by atoms with Gasteiger partial charge in [0.1, 0.15) is 11.4 Å². The van der Waals surface area contributed by atoms with E-state index in [9.17, 15) is 0 Å². The molecule has 42 heavy (non-hydrogen) atoms. The number of aromatic nitrogens is 8. The Labute approximate surface area is 242 Å². The van der Waals surface area contributed by atoms with Gasteiger partial charge in [-0.25, -0.2) is 0 Å². The van der Waals surface area contributed by atoms with Crippen LogP contribution in [0.2, 0.25) is 0 Å². The maximum atomic E-state index is 4.68. The molecule has 1 aromatic carbocycles. The molecule has 0 atom stereocenters. The molecular formula is C34H26N8. The fraction of sp³-hybridized carbons (Fsp3) is 0.0588. The maximum absolute atomic E-state index is 4.68. The fourth-order valence-electron chi connectivity index (χ4n) is 5.21. The summed E-state index contributed by atoms with van der Waals surface area (Å²) in [5.74, 6) is 0. The van der Waals surface area contributed by atoms with Gasteiger partial charge in [-0.15, -0.1) is 0 Å². The average Bonchev–Trinajstić information content (AvgIpc) is 3.67. The zero-order valence-corrected chi connectivity index (χ0v) is 22.6. The lowest BCUT2D eigenvalue weighted by Gasteiger charge is -2.10. The molecule has 8 nitrogen and oxygen atoms in total. The van der Waals surface area contributed by atoms with Crippen LogP contribution in [0.4, 0.5) is 0 Å². The lowest BCUT2D eigenvalue weighted by atomic mass is 9.95. The summed E-state index contributed by atoms with van der Waals surface area (Å²) in [7, 11) is 0. The third-order valence-electron chi connectivity index (χ3n) is 7.14. The monoisotopic (exact) mass is 546 g/mol. The second-order valence-corrected chi connectivity index (χ2v) is 9.88. The Morgan fingerprint density at radius 3 is 1.21 bits per heavy atom. The number of aromatic amines is 2. The molecule has 0 unspecified atom stereocenters. The third-order valence-corrected chi connectivity index (χ3v) is 7.14. The topological polar surface area (TPSA) is 109 Å². The van der Waals surface area contributed by atoms with Gasteiger partial charge >= 0.3 is 0 Å². The standard InChI is InChI=1S/C34H26N8/c1-5-16-35-27(12-1)31-25(32(40-39-31)28-13-2-6-17-36-28)21-23-10-9-11-24(20-23)22-26-33(29-14-3-7-18-37-29)41-42-34(26)30-15-4-8-19-38-30/h1-20H,21-22H2,(H,39,40)(H,41,42). The van der Waals surface area contributed by atoms with Crippen molar-refractivity contribution in [3.05, 3.63) is 144 Å². The van der Waals surface area contributed by atoms with Gasteiger partial charge in [0.15, 0.2) is 0 Å². The summed E-state index contributed by atoms with van der Waals surface area (Å²) in [6.45, 7) is 0. The smallest absolute Gasteiger partial charge is 0.115 e. The predicted molar refractivity (Wildman–Crippen MR) is 162 cm³/mol. The number of pyridine rings is 4. The van der Waals surface area contributed by atoms with Gasteiger partial charge in [0.2, 0.25) is 0 Å². The first kappa shape index (κ1) is 25.2. The van der Waals surface area contributed by atoms with Crippen LogP contribution in [0.3, 0.4) is 0 Å². The molecule has 7 aromatic rings. The van der Waals surface area contributed by atoms with Crippen LogP contribution in [0.1, 0.15) is 22.3 Å². The van der Waals surface area contributed by atoms with E-state index in [4.69, 9.17) is 0 Å². The van der Waals surface area contributed by atoms with E-state index >= 15 is 0 Å². The van der Waals surface area contributed by atoms with Crippen LogP contribution >= 0.6 is 0 Å². The van der Waals surface area contributed by atoms with Crippen LogP contribution in [0, 0.1) is 0 Å². The van der Waals surface area contributed by atoms with Crippen LogP contribution in [-0.4, -0.2) is 40.3 Å². The molecule has 0 saturated carbocycles. The van der Waals surface area contributed by atoms with Crippen LogP contribution in [0.15, 0.2) is 122 Å². The largest absolute Gasteiger partial charge is 0.275 e. The molecule has 6 aromatic heterocycles. The molecule has 0 aliphatic heterocycles. The van der Waals surface area contributed by atoms with E-state index in [0.29, 0.717) is 12.8 Å². The number of rotatable bonds is 8. The molecule has 0 fully saturated rings. The number of hydrogen-bond donors (Lipinski definition) is 2. The minimum atomic E-state index is 0.660. The predicted octanol–water partition coefficient (Wildman–Crippen LogP) is 6.56. The van der Waals surface area contributed by atoms with Crippen LogP contribution in [0.25, 0.3) is 45.6 Å². The summed E-state index contributed by atoms with van der Waals surface area (Å²) >= 11 is 0. The zero-order valence-electron chi connectivity index (χ0n) is 22.6. The van der Waals surface area contributed by atoms with Crippen molar-refractivity contribution in [3.63, 3.8) is 0 Å². The third kappa shape index (κ3) is 5.09. The van der Waals surface area contributed by atoms with E-state index in [1.807, 2.05) is 72.8 Å². The molecule has 0 aliphatic carbocycles. The molecule has 0 bridgehead atoms. The van der Waals surface area contributed by atoms with E-state index in [1.165, 1.54) is 0 Å². The van der Waals surface area contributed by atoms with Crippen molar-refractivity contribution in [2.24, 2.45) is 0 Å². The Morgan fingerprint density at radius 2 is 0.833 bits per heavy atom. The Kier molecular flexibility index (Phi) is 6.84.